The number of carbonyl (C=O) groups is 1. The minimum Gasteiger partial charge on any atom is -0.393 e. The summed E-state index contributed by atoms with van der Waals surface area (Å²) in [5.41, 5.74) is 0.828. The molecule has 2 atom stereocenters. The second-order valence-electron chi connectivity index (χ2n) is 10.3. The molecule has 34 heavy (non-hydrogen) atoms. The van der Waals surface area contributed by atoms with Crippen molar-refractivity contribution < 1.29 is 18.7 Å². The van der Waals surface area contributed by atoms with E-state index in [2.05, 4.69) is 45.0 Å². The fraction of sp³-hybridized carbons (Fsp3) is 0.345. The summed E-state index contributed by atoms with van der Waals surface area (Å²) in [6.07, 6.45) is -1.46. The van der Waals surface area contributed by atoms with Crippen molar-refractivity contribution in [3.8, 4) is 0 Å². The maximum Gasteiger partial charge on any atom is 0.262 e. The highest BCUT2D eigenvalue weighted by Gasteiger charge is 2.53. The van der Waals surface area contributed by atoms with E-state index in [1.54, 1.807) is 0 Å². The molecule has 1 fully saturated rings. The number of hydrogen-bond acceptors (Lipinski definition) is 4. The molecule has 0 radical (unpaired) electrons. The van der Waals surface area contributed by atoms with E-state index in [4.69, 9.17) is 13.9 Å². The minimum atomic E-state index is -2.96. The number of benzene rings is 3. The largest absolute Gasteiger partial charge is 0.393 e. The molecule has 3 aromatic carbocycles. The number of Topliss-reactive ketones (excluding diaryl/α,β-unsaturated/α-hetero) is 1. The molecule has 1 aliphatic heterocycles. The van der Waals surface area contributed by atoms with Gasteiger partial charge < -0.3 is 13.9 Å². The molecule has 0 unspecified atom stereocenters. The maximum absolute atomic E-state index is 14.0. The third-order valence-electron chi connectivity index (χ3n) is 6.40. The second kappa shape index (κ2) is 9.59. The summed E-state index contributed by atoms with van der Waals surface area (Å²) in [5, 5.41) is 2.01. The number of rotatable bonds is 7. The molecule has 178 valence electrons. The molecule has 0 spiro atoms. The van der Waals surface area contributed by atoms with Gasteiger partial charge in [0.2, 0.25) is 0 Å². The van der Waals surface area contributed by atoms with Gasteiger partial charge in [-0.15, -0.1) is 0 Å². The predicted molar refractivity (Wildman–Crippen MR) is 138 cm³/mol. The zero-order chi connectivity index (χ0) is 24.4. The monoisotopic (exact) mass is 474 g/mol. The van der Waals surface area contributed by atoms with Gasteiger partial charge in [0.1, 0.15) is 12.2 Å². The Labute approximate surface area is 204 Å². The van der Waals surface area contributed by atoms with Gasteiger partial charge in [-0.1, -0.05) is 112 Å². The molecule has 1 saturated heterocycles. The Morgan fingerprint density at radius 1 is 0.882 bits per heavy atom. The molecule has 3 aromatic rings. The van der Waals surface area contributed by atoms with Crippen LogP contribution < -0.4 is 10.4 Å². The van der Waals surface area contributed by atoms with E-state index in [1.165, 1.54) is 0 Å². The third-order valence-corrected chi connectivity index (χ3v) is 11.4. The van der Waals surface area contributed by atoms with Gasteiger partial charge in [-0.25, -0.2) is 0 Å². The number of ketones is 1. The quantitative estimate of drug-likeness (QED) is 0.451. The van der Waals surface area contributed by atoms with Gasteiger partial charge in [0, 0.05) is 0 Å². The van der Waals surface area contributed by atoms with Gasteiger partial charge >= 0.3 is 0 Å². The van der Waals surface area contributed by atoms with E-state index >= 15 is 0 Å². The molecular weight excluding hydrogens is 440 g/mol. The van der Waals surface area contributed by atoms with Crippen LogP contribution in [0.5, 0.6) is 0 Å². The molecule has 1 aliphatic rings. The van der Waals surface area contributed by atoms with Crippen molar-refractivity contribution >= 4 is 24.5 Å². The van der Waals surface area contributed by atoms with Gasteiger partial charge in [-0.05, 0) is 34.8 Å². The van der Waals surface area contributed by atoms with Crippen LogP contribution in [0.2, 0.25) is 5.04 Å². The Morgan fingerprint density at radius 3 is 1.76 bits per heavy atom. The number of hydrogen-bond donors (Lipinski definition) is 0. The SMILES string of the molecule is CC1(C)OC[C@H](C(=O)[C@H](O[Si](c2ccccc2)(c2ccccc2)C(C)(C)C)c2ccccc2)O1. The van der Waals surface area contributed by atoms with Crippen molar-refractivity contribution in [2.75, 3.05) is 6.61 Å². The van der Waals surface area contributed by atoms with Crippen LogP contribution in [0.25, 0.3) is 0 Å². The first-order valence-corrected chi connectivity index (χ1v) is 13.7. The van der Waals surface area contributed by atoms with E-state index in [9.17, 15) is 4.79 Å². The van der Waals surface area contributed by atoms with Crippen LogP contribution in [0.4, 0.5) is 0 Å². The fourth-order valence-electron chi connectivity index (χ4n) is 4.78. The molecule has 4 nitrogen and oxygen atoms in total. The molecule has 1 heterocycles. The average molecular weight is 475 g/mol. The van der Waals surface area contributed by atoms with Gasteiger partial charge in [-0.2, -0.15) is 0 Å². The molecule has 0 aromatic heterocycles. The zero-order valence-corrected chi connectivity index (χ0v) is 21.7. The van der Waals surface area contributed by atoms with E-state index in [-0.39, 0.29) is 17.4 Å². The summed E-state index contributed by atoms with van der Waals surface area (Å²) in [5.74, 6) is -0.899. The van der Waals surface area contributed by atoms with Crippen LogP contribution in [0.1, 0.15) is 46.3 Å². The molecular formula is C29H34O4Si. The summed E-state index contributed by atoms with van der Waals surface area (Å²) in [4.78, 5) is 14.0. The Morgan fingerprint density at radius 2 is 1.35 bits per heavy atom. The third kappa shape index (κ3) is 4.79. The minimum absolute atomic E-state index is 0.107. The zero-order valence-electron chi connectivity index (χ0n) is 20.7. The van der Waals surface area contributed by atoms with Gasteiger partial charge in [0.05, 0.1) is 6.61 Å². The van der Waals surface area contributed by atoms with E-state index in [0.717, 1.165) is 15.9 Å². The second-order valence-corrected chi connectivity index (χ2v) is 14.5. The van der Waals surface area contributed by atoms with Crippen LogP contribution in [-0.4, -0.2) is 32.6 Å². The maximum atomic E-state index is 14.0. The van der Waals surface area contributed by atoms with Crippen molar-refractivity contribution in [1.82, 2.24) is 0 Å². The molecule has 0 N–H and O–H groups in total. The smallest absolute Gasteiger partial charge is 0.262 e. The van der Waals surface area contributed by atoms with Crippen LogP contribution in [0, 0.1) is 0 Å². The Hall–Kier alpha value is -2.57. The van der Waals surface area contributed by atoms with E-state index in [1.807, 2.05) is 80.6 Å². The standard InChI is InChI=1S/C29H34O4Si/c1-28(2,3)34(23-17-11-7-12-18-23,24-19-13-8-14-20-24)33-27(22-15-9-6-10-16-22)26(30)25-21-31-29(4,5)32-25/h6-20,25,27H,21H2,1-5H3/t25-,27-/m1/s1. The summed E-state index contributed by atoms with van der Waals surface area (Å²) in [7, 11) is -2.96. The number of ether oxygens (including phenoxy) is 2. The summed E-state index contributed by atoms with van der Waals surface area (Å²) < 4.78 is 19.0. The first-order chi connectivity index (χ1) is 16.1. The average Bonchev–Trinajstić information content (AvgIpc) is 3.20. The summed E-state index contributed by atoms with van der Waals surface area (Å²) in [6, 6.07) is 30.5. The number of carbonyl (C=O) groups excluding carboxylic acids is 1. The molecule has 5 heteroatoms. The summed E-state index contributed by atoms with van der Waals surface area (Å²) >= 11 is 0. The van der Waals surface area contributed by atoms with Crippen molar-refractivity contribution in [2.45, 2.75) is 57.7 Å². The lowest BCUT2D eigenvalue weighted by Crippen LogP contribution is -2.67. The van der Waals surface area contributed by atoms with E-state index < -0.39 is 26.3 Å². The lowest BCUT2D eigenvalue weighted by Gasteiger charge is -2.45. The molecule has 0 saturated carbocycles. The first kappa shape index (κ1) is 24.5. The highest BCUT2D eigenvalue weighted by Crippen LogP contribution is 2.41. The molecule has 4 rings (SSSR count). The van der Waals surface area contributed by atoms with Crippen molar-refractivity contribution in [3.05, 3.63) is 96.6 Å². The van der Waals surface area contributed by atoms with E-state index in [0.29, 0.717) is 0 Å². The van der Waals surface area contributed by atoms with Gasteiger partial charge in [0.15, 0.2) is 11.6 Å². The van der Waals surface area contributed by atoms with Gasteiger partial charge in [-0.3, -0.25) is 4.79 Å². The van der Waals surface area contributed by atoms with Crippen LogP contribution in [0.15, 0.2) is 91.0 Å². The lowest BCUT2D eigenvalue weighted by atomic mass is 10.0. The van der Waals surface area contributed by atoms with Crippen molar-refractivity contribution in [2.24, 2.45) is 0 Å². The topological polar surface area (TPSA) is 44.8 Å². The normalized spacial score (nSPS) is 19.0. The van der Waals surface area contributed by atoms with Crippen LogP contribution in [-0.2, 0) is 18.7 Å². The Bertz CT molecular complexity index is 1050. The van der Waals surface area contributed by atoms with Crippen molar-refractivity contribution in [1.29, 1.82) is 0 Å². The molecule has 0 amide bonds. The van der Waals surface area contributed by atoms with Gasteiger partial charge in [0.25, 0.3) is 8.32 Å². The highest BCUT2D eigenvalue weighted by atomic mass is 28.4. The molecule has 0 bridgehead atoms. The Kier molecular flexibility index (Phi) is 6.92. The van der Waals surface area contributed by atoms with Crippen LogP contribution in [0.3, 0.4) is 0 Å². The summed E-state index contributed by atoms with van der Waals surface area (Å²) in [6.45, 7) is 10.5. The van der Waals surface area contributed by atoms with Crippen LogP contribution >= 0.6 is 0 Å². The Balaban J connectivity index is 1.88. The van der Waals surface area contributed by atoms with Crippen molar-refractivity contribution in [3.63, 3.8) is 0 Å². The lowest BCUT2D eigenvalue weighted by molar-refractivity contribution is -0.156. The highest BCUT2D eigenvalue weighted by molar-refractivity contribution is 6.99. The molecule has 0 aliphatic carbocycles. The predicted octanol–water partition coefficient (Wildman–Crippen LogP) is 5.02. The first-order valence-electron chi connectivity index (χ1n) is 11.8. The fourth-order valence-corrected chi connectivity index (χ4v) is 9.40.